The fraction of sp³-hybridized carbons (Fsp3) is 0.786. The minimum absolute atomic E-state index is 0.0120. The zero-order valence-electron chi connectivity index (χ0n) is 11.9. The van der Waals surface area contributed by atoms with Crippen LogP contribution >= 0.6 is 0 Å². The first kappa shape index (κ1) is 14.2. The highest BCUT2D eigenvalue weighted by Gasteiger charge is 2.28. The minimum atomic E-state index is 0.0120. The number of hydrogen-bond acceptors (Lipinski definition) is 4. The summed E-state index contributed by atoms with van der Waals surface area (Å²) in [5.74, 6) is 1.51. The second-order valence-electron chi connectivity index (χ2n) is 5.95. The van der Waals surface area contributed by atoms with E-state index in [0.29, 0.717) is 12.3 Å². The first-order valence-electron chi connectivity index (χ1n) is 7.23. The van der Waals surface area contributed by atoms with Crippen molar-refractivity contribution < 1.29 is 4.79 Å². The molecule has 1 aromatic heterocycles. The number of nitrogens with two attached hydrogens (primary N) is 1. The average Bonchev–Trinajstić information content (AvgIpc) is 2.76. The topological polar surface area (TPSA) is 73.8 Å². The molecule has 5 heteroatoms. The van der Waals surface area contributed by atoms with Gasteiger partial charge in [0.2, 0.25) is 0 Å². The zero-order chi connectivity index (χ0) is 13.8. The molecule has 1 saturated carbocycles. The Balaban J connectivity index is 2.00. The molecule has 1 aliphatic carbocycles. The van der Waals surface area contributed by atoms with Gasteiger partial charge in [-0.25, -0.2) is 9.67 Å². The summed E-state index contributed by atoms with van der Waals surface area (Å²) in [4.78, 5) is 16.6. The number of hydrogen-bond donors (Lipinski definition) is 1. The molecule has 1 fully saturated rings. The molecule has 0 aromatic carbocycles. The lowest BCUT2D eigenvalue weighted by atomic mass is 9.81. The van der Waals surface area contributed by atoms with E-state index in [-0.39, 0.29) is 17.7 Å². The van der Waals surface area contributed by atoms with E-state index in [1.807, 2.05) is 4.68 Å². The molecular weight excluding hydrogens is 240 g/mol. The predicted octanol–water partition coefficient (Wildman–Crippen LogP) is 1.56. The molecule has 0 bridgehead atoms. The zero-order valence-corrected chi connectivity index (χ0v) is 11.9. The van der Waals surface area contributed by atoms with E-state index in [0.717, 1.165) is 38.1 Å². The first-order chi connectivity index (χ1) is 9.08. The van der Waals surface area contributed by atoms with Crippen LogP contribution in [0.25, 0.3) is 0 Å². The molecule has 0 radical (unpaired) electrons. The van der Waals surface area contributed by atoms with Crippen LogP contribution in [0.5, 0.6) is 0 Å². The van der Waals surface area contributed by atoms with Crippen molar-refractivity contribution in [3.8, 4) is 0 Å². The number of Topliss-reactive ketones (excluding diaryl/α,β-unsaturated/α-hetero) is 1. The maximum Gasteiger partial charge on any atom is 0.145 e. The molecule has 2 rings (SSSR count). The molecule has 19 heavy (non-hydrogen) atoms. The van der Waals surface area contributed by atoms with Crippen molar-refractivity contribution in [3.63, 3.8) is 0 Å². The second-order valence-corrected chi connectivity index (χ2v) is 5.95. The van der Waals surface area contributed by atoms with E-state index in [1.165, 1.54) is 6.33 Å². The molecule has 0 amide bonds. The Morgan fingerprint density at radius 1 is 1.47 bits per heavy atom. The van der Waals surface area contributed by atoms with E-state index < -0.39 is 0 Å². The van der Waals surface area contributed by atoms with Gasteiger partial charge in [-0.2, -0.15) is 5.10 Å². The van der Waals surface area contributed by atoms with E-state index >= 15 is 0 Å². The number of carbonyl (C=O) groups is 1. The van der Waals surface area contributed by atoms with Crippen molar-refractivity contribution in [1.82, 2.24) is 14.8 Å². The predicted molar refractivity (Wildman–Crippen MR) is 73.5 cm³/mol. The maximum absolute atomic E-state index is 12.4. The standard InChI is InChI=1S/C14H24N4O/c1-10(2)8-18-14(16-9-17-18)7-13(19)11-5-3-4-6-12(11)15/h9-12H,3-8,15H2,1-2H3. The number of nitrogens with zero attached hydrogens (tertiary/aromatic N) is 3. The van der Waals surface area contributed by atoms with Gasteiger partial charge in [0, 0.05) is 18.5 Å². The van der Waals surface area contributed by atoms with Crippen LogP contribution < -0.4 is 5.73 Å². The van der Waals surface area contributed by atoms with Gasteiger partial charge in [-0.05, 0) is 18.8 Å². The highest BCUT2D eigenvalue weighted by Crippen LogP contribution is 2.24. The first-order valence-corrected chi connectivity index (χ1v) is 7.23. The summed E-state index contributed by atoms with van der Waals surface area (Å²) in [7, 11) is 0. The van der Waals surface area contributed by atoms with Crippen LogP contribution in [0.1, 0.15) is 45.4 Å². The van der Waals surface area contributed by atoms with Crippen LogP contribution in [0, 0.1) is 11.8 Å². The third kappa shape index (κ3) is 3.62. The Hall–Kier alpha value is -1.23. The highest BCUT2D eigenvalue weighted by atomic mass is 16.1. The van der Waals surface area contributed by atoms with Gasteiger partial charge in [-0.1, -0.05) is 26.7 Å². The van der Waals surface area contributed by atoms with Gasteiger partial charge in [0.15, 0.2) is 0 Å². The van der Waals surface area contributed by atoms with Crippen molar-refractivity contribution in [2.75, 3.05) is 0 Å². The van der Waals surface area contributed by atoms with Crippen molar-refractivity contribution in [2.24, 2.45) is 17.6 Å². The Morgan fingerprint density at radius 2 is 2.21 bits per heavy atom. The van der Waals surface area contributed by atoms with Gasteiger partial charge in [0.1, 0.15) is 17.9 Å². The number of carbonyl (C=O) groups excluding carboxylic acids is 1. The molecule has 2 atom stereocenters. The third-order valence-electron chi connectivity index (χ3n) is 3.80. The molecule has 5 nitrogen and oxygen atoms in total. The molecule has 106 valence electrons. The quantitative estimate of drug-likeness (QED) is 0.876. The molecule has 0 aliphatic heterocycles. The van der Waals surface area contributed by atoms with E-state index in [4.69, 9.17) is 5.73 Å². The van der Waals surface area contributed by atoms with Crippen LogP contribution in [0.2, 0.25) is 0 Å². The molecule has 1 aliphatic rings. The van der Waals surface area contributed by atoms with Crippen molar-refractivity contribution in [3.05, 3.63) is 12.2 Å². The number of aromatic nitrogens is 3. The third-order valence-corrected chi connectivity index (χ3v) is 3.80. The summed E-state index contributed by atoms with van der Waals surface area (Å²) >= 11 is 0. The van der Waals surface area contributed by atoms with Crippen LogP contribution in [-0.4, -0.2) is 26.6 Å². The van der Waals surface area contributed by atoms with Gasteiger partial charge in [-0.15, -0.1) is 0 Å². The van der Waals surface area contributed by atoms with E-state index in [1.54, 1.807) is 0 Å². The van der Waals surface area contributed by atoms with Crippen LogP contribution in [0.4, 0.5) is 0 Å². The lowest BCUT2D eigenvalue weighted by molar-refractivity contribution is -0.123. The summed E-state index contributed by atoms with van der Waals surface area (Å²) in [5.41, 5.74) is 6.06. The number of rotatable bonds is 5. The van der Waals surface area contributed by atoms with Crippen molar-refractivity contribution in [1.29, 1.82) is 0 Å². The Morgan fingerprint density at radius 3 is 2.89 bits per heavy atom. The molecule has 2 N–H and O–H groups in total. The molecule has 1 heterocycles. The largest absolute Gasteiger partial charge is 0.327 e. The lowest BCUT2D eigenvalue weighted by Gasteiger charge is -2.27. The molecule has 0 saturated heterocycles. The summed E-state index contributed by atoms with van der Waals surface area (Å²) in [6.45, 7) is 5.06. The lowest BCUT2D eigenvalue weighted by Crippen LogP contribution is -2.39. The normalized spacial score (nSPS) is 23.8. The van der Waals surface area contributed by atoms with E-state index in [2.05, 4.69) is 23.9 Å². The van der Waals surface area contributed by atoms with E-state index in [9.17, 15) is 4.79 Å². The minimum Gasteiger partial charge on any atom is -0.327 e. The summed E-state index contributed by atoms with van der Waals surface area (Å²) in [6.07, 6.45) is 6.06. The average molecular weight is 264 g/mol. The fourth-order valence-corrected chi connectivity index (χ4v) is 2.77. The monoisotopic (exact) mass is 264 g/mol. The van der Waals surface area contributed by atoms with Crippen molar-refractivity contribution in [2.45, 2.75) is 58.5 Å². The molecule has 2 unspecified atom stereocenters. The Bertz CT molecular complexity index is 427. The van der Waals surface area contributed by atoms with Crippen LogP contribution in [0.3, 0.4) is 0 Å². The molecule has 1 aromatic rings. The van der Waals surface area contributed by atoms with Crippen molar-refractivity contribution >= 4 is 5.78 Å². The maximum atomic E-state index is 12.4. The fourth-order valence-electron chi connectivity index (χ4n) is 2.77. The van der Waals surface area contributed by atoms with Crippen LogP contribution in [-0.2, 0) is 17.8 Å². The van der Waals surface area contributed by atoms with Gasteiger partial charge >= 0.3 is 0 Å². The molecular formula is C14H24N4O. The smallest absolute Gasteiger partial charge is 0.145 e. The SMILES string of the molecule is CC(C)Cn1ncnc1CC(=O)C1CCCCC1N. The van der Waals surface area contributed by atoms with Gasteiger partial charge in [0.25, 0.3) is 0 Å². The van der Waals surface area contributed by atoms with Gasteiger partial charge < -0.3 is 5.73 Å². The van der Waals surface area contributed by atoms with Gasteiger partial charge in [-0.3, -0.25) is 4.79 Å². The Labute approximate surface area is 114 Å². The van der Waals surface area contributed by atoms with Crippen LogP contribution in [0.15, 0.2) is 6.33 Å². The van der Waals surface area contributed by atoms with Gasteiger partial charge in [0.05, 0.1) is 6.42 Å². The molecule has 0 spiro atoms. The summed E-state index contributed by atoms with van der Waals surface area (Å²) < 4.78 is 1.84. The summed E-state index contributed by atoms with van der Waals surface area (Å²) in [6, 6.07) is 0.0303. The number of ketones is 1. The second kappa shape index (κ2) is 6.28. The Kier molecular flexibility index (Phi) is 4.69. The summed E-state index contributed by atoms with van der Waals surface area (Å²) in [5, 5.41) is 4.20. The highest BCUT2D eigenvalue weighted by molar-refractivity contribution is 5.83.